The van der Waals surface area contributed by atoms with Crippen molar-refractivity contribution in [2.45, 2.75) is 99.3 Å². The van der Waals surface area contributed by atoms with Crippen LogP contribution in [0.25, 0.3) is 0 Å². The van der Waals surface area contributed by atoms with Gasteiger partial charge in [-0.15, -0.1) is 0 Å². The molecule has 0 bridgehead atoms. The molecule has 1 unspecified atom stereocenters. The number of hydrogen-bond acceptors (Lipinski definition) is 6. The van der Waals surface area contributed by atoms with Gasteiger partial charge in [-0.1, -0.05) is 39.8 Å². The third kappa shape index (κ3) is 8.32. The fourth-order valence-electron chi connectivity index (χ4n) is 4.66. The Morgan fingerprint density at radius 3 is 1.72 bits per heavy atom. The minimum absolute atomic E-state index is 0.0837. The monoisotopic (exact) mass is 504 g/mol. The SMILES string of the molecule is CC(=O)OC(c1ccc(OC(=O)N(C)C(C)(C)CC(C)(C)N(C)C)cc1)C(C)(C)CC(C)(C)C(C)=O. The molecule has 1 aromatic rings. The molecule has 0 saturated carbocycles. The Morgan fingerprint density at radius 1 is 0.806 bits per heavy atom. The molecule has 7 heteroatoms. The second kappa shape index (κ2) is 11.3. The van der Waals surface area contributed by atoms with Crippen LogP contribution in [0, 0.1) is 10.8 Å². The summed E-state index contributed by atoms with van der Waals surface area (Å²) in [5.41, 5.74) is -0.831. The van der Waals surface area contributed by atoms with Crippen LogP contribution in [0.2, 0.25) is 0 Å². The molecule has 0 fully saturated rings. The summed E-state index contributed by atoms with van der Waals surface area (Å²) in [5, 5.41) is 0. The Balaban J connectivity index is 3.10. The van der Waals surface area contributed by atoms with E-state index in [2.05, 4.69) is 18.7 Å². The Bertz CT molecular complexity index is 929. The van der Waals surface area contributed by atoms with Gasteiger partial charge in [-0.25, -0.2) is 4.79 Å². The molecule has 0 spiro atoms. The molecule has 1 amide bonds. The number of carbonyl (C=O) groups excluding carboxylic acids is 3. The van der Waals surface area contributed by atoms with E-state index in [4.69, 9.17) is 9.47 Å². The summed E-state index contributed by atoms with van der Waals surface area (Å²) in [6.45, 7) is 19.1. The van der Waals surface area contributed by atoms with Gasteiger partial charge in [-0.2, -0.15) is 0 Å². The highest BCUT2D eigenvalue weighted by Crippen LogP contribution is 2.45. The quantitative estimate of drug-likeness (QED) is 0.331. The number of hydrogen-bond donors (Lipinski definition) is 0. The average molecular weight is 505 g/mol. The topological polar surface area (TPSA) is 76.2 Å². The van der Waals surface area contributed by atoms with Crippen LogP contribution in [0.4, 0.5) is 4.79 Å². The van der Waals surface area contributed by atoms with Crippen molar-refractivity contribution < 1.29 is 23.9 Å². The zero-order valence-electron chi connectivity index (χ0n) is 24.7. The third-order valence-corrected chi connectivity index (χ3v) is 7.49. The van der Waals surface area contributed by atoms with Gasteiger partial charge in [-0.05, 0) is 79.3 Å². The van der Waals surface area contributed by atoms with Gasteiger partial charge in [-0.3, -0.25) is 9.59 Å². The van der Waals surface area contributed by atoms with Crippen molar-refractivity contribution in [3.8, 4) is 5.75 Å². The van der Waals surface area contributed by atoms with Crippen molar-refractivity contribution in [1.82, 2.24) is 9.80 Å². The van der Waals surface area contributed by atoms with Crippen molar-refractivity contribution in [3.63, 3.8) is 0 Å². The summed E-state index contributed by atoms with van der Waals surface area (Å²) >= 11 is 0. The van der Waals surface area contributed by atoms with Crippen LogP contribution in [-0.4, -0.2) is 59.9 Å². The molecular formula is C29H48N2O5. The van der Waals surface area contributed by atoms with Crippen LogP contribution < -0.4 is 4.74 Å². The second-order valence-electron chi connectivity index (χ2n) is 12.8. The van der Waals surface area contributed by atoms with Gasteiger partial charge in [0.25, 0.3) is 0 Å². The summed E-state index contributed by atoms with van der Waals surface area (Å²) in [6.07, 6.45) is 0.288. The average Bonchev–Trinajstić information content (AvgIpc) is 2.70. The van der Waals surface area contributed by atoms with Gasteiger partial charge in [0, 0.05) is 35.9 Å². The molecule has 1 rings (SSSR count). The summed E-state index contributed by atoms with van der Waals surface area (Å²) in [6, 6.07) is 7.03. The Morgan fingerprint density at radius 2 is 1.31 bits per heavy atom. The standard InChI is InChI=1S/C29H48N2O5/c1-20(32)26(3,4)18-27(5,6)24(35-21(2)33)22-14-16-23(17-15-22)36-25(34)31(13)29(9,10)19-28(7,8)30(11)12/h14-17,24H,18-19H2,1-13H3. The van der Waals surface area contributed by atoms with Crippen molar-refractivity contribution >= 4 is 17.8 Å². The highest BCUT2D eigenvalue weighted by atomic mass is 16.6. The van der Waals surface area contributed by atoms with E-state index in [0.29, 0.717) is 12.2 Å². The minimum atomic E-state index is -0.562. The number of esters is 1. The first-order valence-electron chi connectivity index (χ1n) is 12.5. The lowest BCUT2D eigenvalue weighted by molar-refractivity contribution is -0.155. The van der Waals surface area contributed by atoms with Crippen LogP contribution in [0.3, 0.4) is 0 Å². The van der Waals surface area contributed by atoms with E-state index in [1.54, 1.807) is 43.1 Å². The van der Waals surface area contributed by atoms with E-state index in [9.17, 15) is 14.4 Å². The summed E-state index contributed by atoms with van der Waals surface area (Å²) in [4.78, 5) is 40.8. The maximum Gasteiger partial charge on any atom is 0.415 e. The van der Waals surface area contributed by atoms with Crippen molar-refractivity contribution in [2.24, 2.45) is 10.8 Å². The van der Waals surface area contributed by atoms with E-state index in [1.165, 1.54) is 6.92 Å². The molecular weight excluding hydrogens is 456 g/mol. The van der Waals surface area contributed by atoms with Crippen LogP contribution in [0.5, 0.6) is 5.75 Å². The molecule has 1 atom stereocenters. The predicted octanol–water partition coefficient (Wildman–Crippen LogP) is 6.26. The van der Waals surface area contributed by atoms with Crippen LogP contribution >= 0.6 is 0 Å². The zero-order valence-corrected chi connectivity index (χ0v) is 24.7. The first-order valence-corrected chi connectivity index (χ1v) is 12.5. The predicted molar refractivity (Wildman–Crippen MR) is 144 cm³/mol. The van der Waals surface area contributed by atoms with Gasteiger partial charge >= 0.3 is 12.1 Å². The molecule has 0 aliphatic rings. The van der Waals surface area contributed by atoms with Crippen LogP contribution in [0.1, 0.15) is 93.7 Å². The molecule has 36 heavy (non-hydrogen) atoms. The lowest BCUT2D eigenvalue weighted by Crippen LogP contribution is -2.53. The normalized spacial score (nSPS) is 13.8. The Hall–Kier alpha value is -2.41. The number of nitrogens with zero attached hydrogens (tertiary/aromatic N) is 2. The largest absolute Gasteiger partial charge is 0.457 e. The maximum absolute atomic E-state index is 12.9. The maximum atomic E-state index is 12.9. The zero-order chi connectivity index (χ0) is 28.3. The highest BCUT2D eigenvalue weighted by Gasteiger charge is 2.40. The Kier molecular flexibility index (Phi) is 9.95. The van der Waals surface area contributed by atoms with Gasteiger partial charge < -0.3 is 19.3 Å². The number of ether oxygens (including phenoxy) is 2. The van der Waals surface area contributed by atoms with Gasteiger partial charge in [0.2, 0.25) is 0 Å². The van der Waals surface area contributed by atoms with E-state index < -0.39 is 34.5 Å². The smallest absolute Gasteiger partial charge is 0.415 e. The lowest BCUT2D eigenvalue weighted by atomic mass is 9.69. The fraction of sp³-hybridized carbons (Fsp3) is 0.690. The van der Waals surface area contributed by atoms with Gasteiger partial charge in [0.15, 0.2) is 0 Å². The molecule has 204 valence electrons. The van der Waals surface area contributed by atoms with E-state index >= 15 is 0 Å². The van der Waals surface area contributed by atoms with Crippen LogP contribution in [-0.2, 0) is 14.3 Å². The number of amides is 1. The van der Waals surface area contributed by atoms with Crippen LogP contribution in [0.15, 0.2) is 24.3 Å². The Labute approximate surface area is 218 Å². The second-order valence-corrected chi connectivity index (χ2v) is 12.8. The molecule has 0 aliphatic heterocycles. The van der Waals surface area contributed by atoms with Gasteiger partial charge in [0.05, 0.1) is 0 Å². The summed E-state index contributed by atoms with van der Waals surface area (Å²) in [7, 11) is 5.81. The van der Waals surface area contributed by atoms with Crippen molar-refractivity contribution in [1.29, 1.82) is 0 Å². The number of ketones is 1. The lowest BCUT2D eigenvalue weighted by Gasteiger charge is -2.43. The van der Waals surface area contributed by atoms with Gasteiger partial charge in [0.1, 0.15) is 17.6 Å². The van der Waals surface area contributed by atoms with E-state index in [1.807, 2.05) is 55.6 Å². The molecule has 0 N–H and O–H groups in total. The molecule has 0 aromatic heterocycles. The number of Topliss-reactive ketones (excluding diaryl/α,β-unsaturated/α-hetero) is 1. The summed E-state index contributed by atoms with van der Waals surface area (Å²) < 4.78 is 11.4. The van der Waals surface area contributed by atoms with Crippen molar-refractivity contribution in [2.75, 3.05) is 21.1 Å². The van der Waals surface area contributed by atoms with E-state index in [0.717, 1.165) is 12.0 Å². The van der Waals surface area contributed by atoms with Crippen molar-refractivity contribution in [3.05, 3.63) is 29.8 Å². The molecule has 0 heterocycles. The molecule has 7 nitrogen and oxygen atoms in total. The molecule has 1 aromatic carbocycles. The first-order chi connectivity index (χ1) is 16.1. The minimum Gasteiger partial charge on any atom is -0.457 e. The number of rotatable bonds is 11. The third-order valence-electron chi connectivity index (χ3n) is 7.49. The summed E-state index contributed by atoms with van der Waals surface area (Å²) in [5.74, 6) is 0.0934. The first kappa shape index (κ1) is 31.6. The molecule has 0 aliphatic carbocycles. The molecule has 0 radical (unpaired) electrons. The number of carbonyl (C=O) groups is 3. The molecule has 0 saturated heterocycles. The highest BCUT2D eigenvalue weighted by molar-refractivity contribution is 5.81. The van der Waals surface area contributed by atoms with E-state index in [-0.39, 0.29) is 11.3 Å². The fourth-order valence-corrected chi connectivity index (χ4v) is 4.66. The number of benzene rings is 1.